The molecule has 2 aromatic heterocycles. The number of carboxylic acid groups (broad SMARTS) is 1. The van der Waals surface area contributed by atoms with Gasteiger partial charge in [0.05, 0.1) is 23.4 Å². The van der Waals surface area contributed by atoms with E-state index < -0.39 is 5.97 Å². The quantitative estimate of drug-likeness (QED) is 0.478. The maximum absolute atomic E-state index is 10.4. The van der Waals surface area contributed by atoms with Crippen LogP contribution >= 0.6 is 0 Å². The fourth-order valence-electron chi connectivity index (χ4n) is 1.06. The van der Waals surface area contributed by atoms with Crippen LogP contribution in [0.1, 0.15) is 10.5 Å². The van der Waals surface area contributed by atoms with Crippen molar-refractivity contribution in [3.05, 3.63) is 30.2 Å². The zero-order valence-corrected chi connectivity index (χ0v) is 9.07. The van der Waals surface area contributed by atoms with Gasteiger partial charge in [-0.15, -0.1) is 0 Å². The van der Waals surface area contributed by atoms with Crippen molar-refractivity contribution in [3.8, 4) is 0 Å². The van der Waals surface area contributed by atoms with E-state index in [0.717, 1.165) is 10.9 Å². The molecule has 2 rings (SSSR count). The van der Waals surface area contributed by atoms with E-state index in [1.807, 2.05) is 0 Å². The fraction of sp³-hybridized carbons (Fsp3) is 0. The van der Waals surface area contributed by atoms with Crippen LogP contribution in [-0.4, -0.2) is 15.9 Å². The number of H-pyrrole nitrogens is 1. The van der Waals surface area contributed by atoms with Gasteiger partial charge >= 0.3 is 29.6 Å². The van der Waals surface area contributed by atoms with Crippen molar-refractivity contribution in [2.24, 2.45) is 0 Å². The number of aromatic amines is 1. The Morgan fingerprint density at radius 3 is 3.00 bits per heavy atom. The molecule has 0 radical (unpaired) electrons. The van der Waals surface area contributed by atoms with Gasteiger partial charge in [0.1, 0.15) is 0 Å². The van der Waals surface area contributed by atoms with Crippen LogP contribution in [0.3, 0.4) is 0 Å². The Morgan fingerprint density at radius 2 is 2.31 bits per heavy atom. The third-order valence-corrected chi connectivity index (χ3v) is 1.65. The first-order valence-corrected chi connectivity index (χ1v) is 3.42. The second kappa shape index (κ2) is 3.91. The third-order valence-electron chi connectivity index (χ3n) is 1.65. The fourth-order valence-corrected chi connectivity index (χ4v) is 1.06. The molecule has 2 heterocycles. The third kappa shape index (κ3) is 1.91. The minimum atomic E-state index is -1.25. The molecule has 1 N–H and O–H groups in total. The monoisotopic (exact) mass is 184 g/mol. The molecule has 0 saturated heterocycles. The number of pyridine rings is 1. The Kier molecular flexibility index (Phi) is 3.08. The maximum atomic E-state index is 10.4. The number of fused-ring (bicyclic) bond motifs is 1. The number of nitrogens with zero attached hydrogens (tertiary/aromatic N) is 1. The molecular weight excluding hydrogens is 179 g/mol. The van der Waals surface area contributed by atoms with Crippen LogP contribution < -0.4 is 34.7 Å². The van der Waals surface area contributed by atoms with Crippen molar-refractivity contribution in [2.75, 3.05) is 0 Å². The molecule has 0 atom stereocenters. The summed E-state index contributed by atoms with van der Waals surface area (Å²) >= 11 is 0. The summed E-state index contributed by atoms with van der Waals surface area (Å²) in [5.41, 5.74) is 0.780. The number of carbonyl (C=O) groups excluding carboxylic acids is 1. The molecular formula is C8H5N2NaO2. The Morgan fingerprint density at radius 1 is 1.54 bits per heavy atom. The minimum absolute atomic E-state index is 0. The van der Waals surface area contributed by atoms with E-state index in [1.165, 1.54) is 12.3 Å². The first kappa shape index (κ1) is 10.2. The Bertz CT molecular complexity index is 438. The summed E-state index contributed by atoms with van der Waals surface area (Å²) in [6, 6.07) is 3.25. The molecule has 0 aliphatic carbocycles. The second-order valence-corrected chi connectivity index (χ2v) is 2.42. The van der Waals surface area contributed by atoms with Crippen LogP contribution in [0.5, 0.6) is 0 Å². The largest absolute Gasteiger partial charge is 1.00 e. The van der Waals surface area contributed by atoms with E-state index >= 15 is 0 Å². The number of aromatic nitrogens is 2. The van der Waals surface area contributed by atoms with E-state index in [0.29, 0.717) is 0 Å². The number of rotatable bonds is 1. The predicted octanol–water partition coefficient (Wildman–Crippen LogP) is -3.07. The van der Waals surface area contributed by atoms with Gasteiger partial charge in [-0.1, -0.05) is 0 Å². The van der Waals surface area contributed by atoms with E-state index in [4.69, 9.17) is 0 Å². The topological polar surface area (TPSA) is 68.8 Å². The molecule has 60 valence electrons. The van der Waals surface area contributed by atoms with Crippen molar-refractivity contribution in [3.63, 3.8) is 0 Å². The number of hydrogen-bond acceptors (Lipinski definition) is 3. The van der Waals surface area contributed by atoms with E-state index in [-0.39, 0.29) is 35.3 Å². The molecule has 5 heteroatoms. The van der Waals surface area contributed by atoms with E-state index in [1.54, 1.807) is 12.3 Å². The Labute approximate surface area is 96.3 Å². The van der Waals surface area contributed by atoms with E-state index in [2.05, 4.69) is 9.97 Å². The molecule has 0 aliphatic rings. The van der Waals surface area contributed by atoms with Gasteiger partial charge < -0.3 is 14.9 Å². The standard InChI is InChI=1S/C8H6N2O2.Na/c11-8(12)6-3-5-1-2-9-7(5)4-10-6;/h1-4,9H,(H,11,12);/q;+1/p-1. The summed E-state index contributed by atoms with van der Waals surface area (Å²) in [5, 5.41) is 11.2. The minimum Gasteiger partial charge on any atom is -0.543 e. The van der Waals surface area contributed by atoms with Crippen LogP contribution in [0.4, 0.5) is 0 Å². The normalized spacial score (nSPS) is 9.54. The van der Waals surface area contributed by atoms with Crippen molar-refractivity contribution >= 4 is 16.9 Å². The molecule has 4 nitrogen and oxygen atoms in total. The van der Waals surface area contributed by atoms with Gasteiger partial charge in [0, 0.05) is 11.6 Å². The molecule has 13 heavy (non-hydrogen) atoms. The van der Waals surface area contributed by atoms with Crippen molar-refractivity contribution in [2.45, 2.75) is 0 Å². The summed E-state index contributed by atoms with van der Waals surface area (Å²) < 4.78 is 0. The molecule has 0 spiro atoms. The van der Waals surface area contributed by atoms with Crippen LogP contribution in [0.25, 0.3) is 10.9 Å². The van der Waals surface area contributed by atoms with Crippen LogP contribution in [-0.2, 0) is 0 Å². The average Bonchev–Trinajstić information content (AvgIpc) is 2.49. The zero-order valence-electron chi connectivity index (χ0n) is 7.07. The van der Waals surface area contributed by atoms with Gasteiger partial charge in [-0.3, -0.25) is 4.98 Å². The Balaban J connectivity index is 0.000000845. The van der Waals surface area contributed by atoms with Gasteiger partial charge in [0.25, 0.3) is 0 Å². The van der Waals surface area contributed by atoms with Crippen LogP contribution in [0.15, 0.2) is 24.5 Å². The molecule has 0 saturated carbocycles. The van der Waals surface area contributed by atoms with Crippen LogP contribution in [0, 0.1) is 0 Å². The van der Waals surface area contributed by atoms with Crippen molar-refractivity contribution < 1.29 is 39.5 Å². The van der Waals surface area contributed by atoms with E-state index in [9.17, 15) is 9.90 Å². The van der Waals surface area contributed by atoms with Crippen molar-refractivity contribution in [1.82, 2.24) is 9.97 Å². The number of hydrogen-bond donors (Lipinski definition) is 1. The van der Waals surface area contributed by atoms with Gasteiger partial charge in [-0.2, -0.15) is 0 Å². The summed E-state index contributed by atoms with van der Waals surface area (Å²) in [5.74, 6) is -1.25. The second-order valence-electron chi connectivity index (χ2n) is 2.42. The van der Waals surface area contributed by atoms with Gasteiger partial charge in [0.2, 0.25) is 0 Å². The smallest absolute Gasteiger partial charge is 0.543 e. The number of carboxylic acids is 1. The molecule has 0 aromatic carbocycles. The van der Waals surface area contributed by atoms with Gasteiger partial charge in [0.15, 0.2) is 0 Å². The summed E-state index contributed by atoms with van der Waals surface area (Å²) in [4.78, 5) is 17.0. The predicted molar refractivity (Wildman–Crippen MR) is 40.4 cm³/mol. The Hall–Kier alpha value is -0.840. The zero-order chi connectivity index (χ0) is 8.55. The number of carbonyl (C=O) groups is 1. The first-order chi connectivity index (χ1) is 5.77. The van der Waals surface area contributed by atoms with Gasteiger partial charge in [-0.05, 0) is 12.1 Å². The average molecular weight is 184 g/mol. The molecule has 0 unspecified atom stereocenters. The number of nitrogens with one attached hydrogen (secondary N) is 1. The molecule has 0 aliphatic heterocycles. The van der Waals surface area contributed by atoms with Crippen molar-refractivity contribution in [1.29, 1.82) is 0 Å². The maximum Gasteiger partial charge on any atom is 1.00 e. The SMILES string of the molecule is O=C([O-])c1cc2cc[nH]c2cn1.[Na+]. The van der Waals surface area contributed by atoms with Gasteiger partial charge in [-0.25, -0.2) is 0 Å². The molecule has 0 amide bonds. The molecule has 0 fully saturated rings. The summed E-state index contributed by atoms with van der Waals surface area (Å²) in [6.07, 6.45) is 3.20. The first-order valence-electron chi connectivity index (χ1n) is 3.42. The molecule has 0 bridgehead atoms. The van der Waals surface area contributed by atoms with Crippen LogP contribution in [0.2, 0.25) is 0 Å². The summed E-state index contributed by atoms with van der Waals surface area (Å²) in [6.45, 7) is 0. The summed E-state index contributed by atoms with van der Waals surface area (Å²) in [7, 11) is 0. The molecule has 2 aromatic rings. The number of aromatic carboxylic acids is 1.